The highest BCUT2D eigenvalue weighted by Crippen LogP contribution is 2.28. The number of aryl methyl sites for hydroxylation is 2. The zero-order valence-corrected chi connectivity index (χ0v) is 15.9. The van der Waals surface area contributed by atoms with Gasteiger partial charge in [0.15, 0.2) is 5.76 Å². The molecule has 0 spiro atoms. The largest absolute Gasteiger partial charge is 0.422 e. The van der Waals surface area contributed by atoms with Crippen molar-refractivity contribution >= 4 is 17.7 Å². The second-order valence-electron chi connectivity index (χ2n) is 7.00. The number of hydrogen-bond donors (Lipinski definition) is 1. The molecule has 0 aliphatic carbocycles. The number of pyridine rings is 2. The van der Waals surface area contributed by atoms with E-state index < -0.39 is 0 Å². The van der Waals surface area contributed by atoms with Crippen LogP contribution in [0.5, 0.6) is 0 Å². The molecule has 1 fully saturated rings. The van der Waals surface area contributed by atoms with Crippen molar-refractivity contribution in [3.8, 4) is 11.5 Å². The Balaban J connectivity index is 1.56. The molecule has 0 unspecified atom stereocenters. The highest BCUT2D eigenvalue weighted by molar-refractivity contribution is 5.62. The summed E-state index contributed by atoms with van der Waals surface area (Å²) in [5, 5.41) is 3.26. The normalized spacial score (nSPS) is 15.1. The number of nitrogens with zero attached hydrogens (tertiary/aromatic N) is 5. The number of nitrogens with one attached hydrogen (secondary N) is 1. The molecule has 27 heavy (non-hydrogen) atoms. The molecular weight excluding hydrogens is 340 g/mol. The van der Waals surface area contributed by atoms with Crippen LogP contribution in [-0.2, 0) is 0 Å². The molecule has 0 radical (unpaired) electrons. The number of likely N-dealkylation sites (N-methyl/N-ethyl adjacent to an activating group) is 1. The summed E-state index contributed by atoms with van der Waals surface area (Å²) in [7, 11) is 2.13. The van der Waals surface area contributed by atoms with E-state index in [-0.39, 0.29) is 0 Å². The standard InChI is InChI=1S/C20H24N6O/c1-14-6-7-21-18(12-14)23-17-5-4-15(2)19(24-17)16-13-22-20(27-16)26-10-8-25(3)9-11-26/h4-7,12-13H,8-11H2,1-3H3,(H,21,23,24). The molecule has 0 aromatic carbocycles. The third-order valence-corrected chi connectivity index (χ3v) is 4.77. The van der Waals surface area contributed by atoms with Gasteiger partial charge in [0.05, 0.1) is 6.20 Å². The molecule has 0 bridgehead atoms. The zero-order valence-electron chi connectivity index (χ0n) is 15.9. The lowest BCUT2D eigenvalue weighted by Gasteiger charge is -2.31. The summed E-state index contributed by atoms with van der Waals surface area (Å²) < 4.78 is 6.04. The van der Waals surface area contributed by atoms with E-state index in [0.29, 0.717) is 11.8 Å². The molecule has 4 rings (SSSR count). The van der Waals surface area contributed by atoms with Crippen molar-refractivity contribution in [1.29, 1.82) is 0 Å². The molecule has 1 N–H and O–H groups in total. The second-order valence-corrected chi connectivity index (χ2v) is 7.00. The number of oxazole rings is 1. The third kappa shape index (κ3) is 3.93. The van der Waals surface area contributed by atoms with Gasteiger partial charge in [-0.25, -0.2) is 15.0 Å². The molecule has 0 saturated carbocycles. The Bertz CT molecular complexity index is 930. The monoisotopic (exact) mass is 364 g/mol. The van der Waals surface area contributed by atoms with Crippen LogP contribution in [0.15, 0.2) is 41.1 Å². The maximum Gasteiger partial charge on any atom is 0.297 e. The summed E-state index contributed by atoms with van der Waals surface area (Å²) in [4.78, 5) is 18.0. The van der Waals surface area contributed by atoms with Crippen molar-refractivity contribution in [3.63, 3.8) is 0 Å². The lowest BCUT2D eigenvalue weighted by molar-refractivity contribution is 0.305. The average molecular weight is 364 g/mol. The molecule has 3 aromatic heterocycles. The first kappa shape index (κ1) is 17.5. The Morgan fingerprint density at radius 2 is 1.81 bits per heavy atom. The van der Waals surface area contributed by atoms with Crippen LogP contribution >= 0.6 is 0 Å². The van der Waals surface area contributed by atoms with E-state index in [1.807, 2.05) is 38.1 Å². The predicted molar refractivity (Wildman–Crippen MR) is 106 cm³/mol. The van der Waals surface area contributed by atoms with Gasteiger partial charge in [0.2, 0.25) is 0 Å². The lowest BCUT2D eigenvalue weighted by Crippen LogP contribution is -2.44. The van der Waals surface area contributed by atoms with Crippen LogP contribution in [0, 0.1) is 13.8 Å². The molecule has 7 heteroatoms. The topological polar surface area (TPSA) is 70.3 Å². The van der Waals surface area contributed by atoms with Crippen molar-refractivity contribution in [1.82, 2.24) is 19.9 Å². The SMILES string of the molecule is Cc1ccnc(Nc2ccc(C)c(-c3cnc(N4CCN(C)CC4)o3)n2)c1. The molecule has 1 saturated heterocycles. The molecule has 0 atom stereocenters. The minimum Gasteiger partial charge on any atom is -0.422 e. The zero-order chi connectivity index (χ0) is 18.8. The lowest BCUT2D eigenvalue weighted by atomic mass is 10.2. The Hall–Kier alpha value is -2.93. The predicted octanol–water partition coefficient (Wildman–Crippen LogP) is 3.24. The van der Waals surface area contributed by atoms with Crippen LogP contribution < -0.4 is 10.2 Å². The minimum absolute atomic E-state index is 0.665. The number of aromatic nitrogens is 3. The van der Waals surface area contributed by atoms with Crippen molar-refractivity contribution in [2.24, 2.45) is 0 Å². The summed E-state index contributed by atoms with van der Waals surface area (Å²) >= 11 is 0. The molecule has 1 aliphatic rings. The molecular formula is C20H24N6O. The van der Waals surface area contributed by atoms with Crippen LogP contribution in [0.3, 0.4) is 0 Å². The van der Waals surface area contributed by atoms with Gasteiger partial charge in [-0.05, 0) is 50.2 Å². The quantitative estimate of drug-likeness (QED) is 0.762. The summed E-state index contributed by atoms with van der Waals surface area (Å²) in [5.41, 5.74) is 2.98. The fourth-order valence-electron chi connectivity index (χ4n) is 3.10. The molecule has 140 valence electrons. The molecule has 1 aliphatic heterocycles. The van der Waals surface area contributed by atoms with E-state index in [4.69, 9.17) is 9.40 Å². The minimum atomic E-state index is 0.665. The maximum absolute atomic E-state index is 6.04. The van der Waals surface area contributed by atoms with E-state index in [1.54, 1.807) is 12.4 Å². The maximum atomic E-state index is 6.04. The van der Waals surface area contributed by atoms with Gasteiger partial charge in [-0.15, -0.1) is 0 Å². The Labute approximate surface area is 159 Å². The molecule has 3 aromatic rings. The van der Waals surface area contributed by atoms with Gasteiger partial charge in [0.25, 0.3) is 6.01 Å². The van der Waals surface area contributed by atoms with Gasteiger partial charge in [-0.2, -0.15) is 0 Å². The van der Waals surface area contributed by atoms with Gasteiger partial charge in [0.1, 0.15) is 17.3 Å². The van der Waals surface area contributed by atoms with Crippen molar-refractivity contribution in [2.45, 2.75) is 13.8 Å². The Kier molecular flexibility index (Phi) is 4.77. The fourth-order valence-corrected chi connectivity index (χ4v) is 3.10. The number of rotatable bonds is 4. The van der Waals surface area contributed by atoms with E-state index in [2.05, 4.69) is 32.1 Å². The first-order valence-corrected chi connectivity index (χ1v) is 9.15. The highest BCUT2D eigenvalue weighted by atomic mass is 16.4. The Morgan fingerprint density at radius 3 is 2.59 bits per heavy atom. The highest BCUT2D eigenvalue weighted by Gasteiger charge is 2.20. The molecule has 0 amide bonds. The third-order valence-electron chi connectivity index (χ3n) is 4.77. The van der Waals surface area contributed by atoms with E-state index in [1.165, 1.54) is 0 Å². The summed E-state index contributed by atoms with van der Waals surface area (Å²) in [6.45, 7) is 7.92. The van der Waals surface area contributed by atoms with Crippen molar-refractivity contribution < 1.29 is 4.42 Å². The van der Waals surface area contributed by atoms with Crippen molar-refractivity contribution in [2.75, 3.05) is 43.4 Å². The van der Waals surface area contributed by atoms with Crippen LogP contribution in [0.25, 0.3) is 11.5 Å². The number of anilines is 3. The first-order valence-electron chi connectivity index (χ1n) is 9.15. The van der Waals surface area contributed by atoms with Gasteiger partial charge in [-0.1, -0.05) is 6.07 Å². The van der Waals surface area contributed by atoms with Gasteiger partial charge in [-0.3, -0.25) is 0 Å². The van der Waals surface area contributed by atoms with Gasteiger partial charge in [0, 0.05) is 32.4 Å². The van der Waals surface area contributed by atoms with Crippen LogP contribution in [0.2, 0.25) is 0 Å². The van der Waals surface area contributed by atoms with Gasteiger partial charge < -0.3 is 19.5 Å². The second kappa shape index (κ2) is 7.36. The van der Waals surface area contributed by atoms with E-state index in [0.717, 1.165) is 54.6 Å². The van der Waals surface area contributed by atoms with Crippen LogP contribution in [-0.4, -0.2) is 53.1 Å². The average Bonchev–Trinajstić information content (AvgIpc) is 3.14. The fraction of sp³-hybridized carbons (Fsp3) is 0.350. The molecule has 4 heterocycles. The van der Waals surface area contributed by atoms with Crippen LogP contribution in [0.1, 0.15) is 11.1 Å². The molecule has 7 nitrogen and oxygen atoms in total. The first-order chi connectivity index (χ1) is 13.1. The number of hydrogen-bond acceptors (Lipinski definition) is 7. The van der Waals surface area contributed by atoms with E-state index in [9.17, 15) is 0 Å². The van der Waals surface area contributed by atoms with E-state index >= 15 is 0 Å². The summed E-state index contributed by atoms with van der Waals surface area (Å²) in [5.74, 6) is 2.18. The van der Waals surface area contributed by atoms with Crippen molar-refractivity contribution in [3.05, 3.63) is 47.8 Å². The Morgan fingerprint density at radius 1 is 1.00 bits per heavy atom. The summed E-state index contributed by atoms with van der Waals surface area (Å²) in [6.07, 6.45) is 3.54. The van der Waals surface area contributed by atoms with Gasteiger partial charge >= 0.3 is 0 Å². The van der Waals surface area contributed by atoms with Crippen LogP contribution in [0.4, 0.5) is 17.7 Å². The smallest absolute Gasteiger partial charge is 0.297 e. The number of piperazine rings is 1. The summed E-state index contributed by atoms with van der Waals surface area (Å²) in [6, 6.07) is 8.59.